The third-order valence-electron chi connectivity index (χ3n) is 4.09. The Balaban J connectivity index is 1.79. The molecule has 0 bridgehead atoms. The fourth-order valence-corrected chi connectivity index (χ4v) is 4.04. The van der Waals surface area contributed by atoms with Gasteiger partial charge in [-0.25, -0.2) is 4.98 Å². The number of hydrogen-bond donors (Lipinski definition) is 1. The second-order valence-corrected chi connectivity index (χ2v) is 6.96. The first-order valence-corrected chi connectivity index (χ1v) is 8.45. The molecule has 1 aliphatic rings. The predicted molar refractivity (Wildman–Crippen MR) is 92.6 cm³/mol. The molecule has 2 unspecified atom stereocenters. The van der Waals surface area contributed by atoms with Crippen LogP contribution in [0.5, 0.6) is 0 Å². The summed E-state index contributed by atoms with van der Waals surface area (Å²) in [7, 11) is 0. The van der Waals surface area contributed by atoms with Crippen LogP contribution >= 0.6 is 11.8 Å². The summed E-state index contributed by atoms with van der Waals surface area (Å²) < 4.78 is 0. The molecule has 0 spiro atoms. The van der Waals surface area contributed by atoms with E-state index < -0.39 is 5.97 Å². The van der Waals surface area contributed by atoms with Gasteiger partial charge in [0.15, 0.2) is 0 Å². The van der Waals surface area contributed by atoms with E-state index in [9.17, 15) is 4.79 Å². The lowest BCUT2D eigenvalue weighted by Crippen LogP contribution is -2.00. The fourth-order valence-electron chi connectivity index (χ4n) is 2.72. The lowest BCUT2D eigenvalue weighted by molar-refractivity contribution is -0.138. The molecular formula is C19H15NO2S. The summed E-state index contributed by atoms with van der Waals surface area (Å²) >= 11 is 1.59. The Kier molecular flexibility index (Phi) is 3.54. The van der Waals surface area contributed by atoms with Gasteiger partial charge in [-0.3, -0.25) is 4.79 Å². The monoisotopic (exact) mass is 321 g/mol. The highest BCUT2D eigenvalue weighted by Crippen LogP contribution is 2.47. The predicted octanol–water partition coefficient (Wildman–Crippen LogP) is 4.47. The molecule has 0 aliphatic heterocycles. The second kappa shape index (κ2) is 5.70. The van der Waals surface area contributed by atoms with Crippen molar-refractivity contribution >= 4 is 28.6 Å². The van der Waals surface area contributed by atoms with Crippen LogP contribution in [0.3, 0.4) is 0 Å². The summed E-state index contributed by atoms with van der Waals surface area (Å²) in [6.45, 7) is 0. The number of fused-ring (bicyclic) bond motifs is 1. The number of carboxylic acids is 1. The van der Waals surface area contributed by atoms with Gasteiger partial charge in [-0.2, -0.15) is 0 Å². The number of pyridine rings is 1. The Morgan fingerprint density at radius 2 is 1.83 bits per heavy atom. The van der Waals surface area contributed by atoms with Crippen molar-refractivity contribution in [2.45, 2.75) is 16.7 Å². The van der Waals surface area contributed by atoms with Crippen molar-refractivity contribution < 1.29 is 9.90 Å². The third-order valence-corrected chi connectivity index (χ3v) is 5.44. The Morgan fingerprint density at radius 3 is 2.57 bits per heavy atom. The van der Waals surface area contributed by atoms with E-state index in [-0.39, 0.29) is 11.2 Å². The van der Waals surface area contributed by atoms with Crippen molar-refractivity contribution in [2.24, 2.45) is 5.92 Å². The van der Waals surface area contributed by atoms with Gasteiger partial charge in [0, 0.05) is 16.2 Å². The lowest BCUT2D eigenvalue weighted by atomic mass is 10.1. The molecule has 1 aromatic heterocycles. The van der Waals surface area contributed by atoms with Crippen molar-refractivity contribution in [3.63, 3.8) is 0 Å². The van der Waals surface area contributed by atoms with Crippen molar-refractivity contribution in [1.82, 2.24) is 4.98 Å². The zero-order valence-corrected chi connectivity index (χ0v) is 13.2. The van der Waals surface area contributed by atoms with Gasteiger partial charge in [-0.1, -0.05) is 48.5 Å². The maximum atomic E-state index is 11.1. The summed E-state index contributed by atoms with van der Waals surface area (Å²) in [4.78, 5) is 15.9. The van der Waals surface area contributed by atoms with E-state index in [2.05, 4.69) is 24.3 Å². The summed E-state index contributed by atoms with van der Waals surface area (Å²) in [5.41, 5.74) is 3.13. The molecule has 2 atom stereocenters. The normalized spacial score (nSPS) is 19.7. The van der Waals surface area contributed by atoms with Gasteiger partial charge in [0.1, 0.15) is 5.03 Å². The number of thioether (sulfide) groups is 1. The number of aromatic nitrogens is 1. The molecule has 0 radical (unpaired) electrons. The Morgan fingerprint density at radius 1 is 1.09 bits per heavy atom. The van der Waals surface area contributed by atoms with Crippen LogP contribution < -0.4 is 0 Å². The largest absolute Gasteiger partial charge is 0.481 e. The van der Waals surface area contributed by atoms with E-state index in [0.717, 1.165) is 33.5 Å². The van der Waals surface area contributed by atoms with Crippen molar-refractivity contribution in [3.05, 3.63) is 60.7 Å². The molecular weight excluding hydrogens is 306 g/mol. The fraction of sp³-hybridized carbons (Fsp3) is 0.158. The lowest BCUT2D eigenvalue weighted by Gasteiger charge is -2.10. The zero-order valence-electron chi connectivity index (χ0n) is 12.3. The summed E-state index contributed by atoms with van der Waals surface area (Å²) in [5, 5.41) is 11.3. The number of para-hydroxylation sites is 1. The maximum Gasteiger partial charge on any atom is 0.307 e. The molecule has 2 aromatic carbocycles. The first-order chi connectivity index (χ1) is 11.2. The highest BCUT2D eigenvalue weighted by molar-refractivity contribution is 8.00. The molecule has 0 amide bonds. The number of carboxylic acid groups (broad SMARTS) is 1. The molecule has 1 fully saturated rings. The van der Waals surface area contributed by atoms with Crippen LogP contribution in [-0.2, 0) is 4.79 Å². The highest BCUT2D eigenvalue weighted by atomic mass is 32.2. The van der Waals surface area contributed by atoms with Crippen LogP contribution in [0, 0.1) is 5.92 Å². The molecule has 0 saturated heterocycles. The van der Waals surface area contributed by atoms with Crippen molar-refractivity contribution in [3.8, 4) is 11.1 Å². The van der Waals surface area contributed by atoms with Gasteiger partial charge in [0.2, 0.25) is 0 Å². The van der Waals surface area contributed by atoms with Crippen LogP contribution in [0.15, 0.2) is 65.7 Å². The van der Waals surface area contributed by atoms with Crippen molar-refractivity contribution in [2.75, 3.05) is 0 Å². The molecule has 3 nitrogen and oxygen atoms in total. The van der Waals surface area contributed by atoms with E-state index in [1.807, 2.05) is 36.4 Å². The molecule has 1 heterocycles. The van der Waals surface area contributed by atoms with Crippen LogP contribution in [0.4, 0.5) is 0 Å². The minimum absolute atomic E-state index is 0.128. The van der Waals surface area contributed by atoms with E-state index in [4.69, 9.17) is 10.1 Å². The molecule has 4 heteroatoms. The van der Waals surface area contributed by atoms with Gasteiger partial charge in [0.25, 0.3) is 0 Å². The standard InChI is InChI=1S/C19H15NO2S/c21-19(22)15-11-17(15)23-18-14(12-6-2-1-3-7-12)10-13-8-4-5-9-16(13)20-18/h1-10,15,17H,11H2,(H,21,22). The molecule has 1 N–H and O–H groups in total. The number of aliphatic carboxylic acids is 1. The van der Waals surface area contributed by atoms with Gasteiger partial charge >= 0.3 is 5.97 Å². The highest BCUT2D eigenvalue weighted by Gasteiger charge is 2.44. The average molecular weight is 321 g/mol. The van der Waals surface area contributed by atoms with Gasteiger partial charge in [-0.15, -0.1) is 11.8 Å². The SMILES string of the molecule is O=C(O)C1CC1Sc1nc2ccccc2cc1-c1ccccc1. The Bertz CT molecular complexity index is 879. The van der Waals surface area contributed by atoms with E-state index in [1.165, 1.54) is 0 Å². The van der Waals surface area contributed by atoms with Crippen LogP contribution in [-0.4, -0.2) is 21.3 Å². The van der Waals surface area contributed by atoms with Gasteiger partial charge in [0.05, 0.1) is 11.4 Å². The number of nitrogens with zero attached hydrogens (tertiary/aromatic N) is 1. The second-order valence-electron chi connectivity index (χ2n) is 5.74. The quantitative estimate of drug-likeness (QED) is 0.770. The molecule has 1 aliphatic carbocycles. The molecule has 1 saturated carbocycles. The van der Waals surface area contributed by atoms with Crippen LogP contribution in [0.25, 0.3) is 22.0 Å². The molecule has 3 aromatic rings. The van der Waals surface area contributed by atoms with Crippen molar-refractivity contribution in [1.29, 1.82) is 0 Å². The van der Waals surface area contributed by atoms with E-state index in [1.54, 1.807) is 11.8 Å². The number of rotatable bonds is 4. The smallest absolute Gasteiger partial charge is 0.307 e. The topological polar surface area (TPSA) is 50.2 Å². The summed E-state index contributed by atoms with van der Waals surface area (Å²) in [5.74, 6) is -0.943. The minimum Gasteiger partial charge on any atom is -0.481 e. The Labute approximate surface area is 138 Å². The average Bonchev–Trinajstić information content (AvgIpc) is 3.34. The molecule has 23 heavy (non-hydrogen) atoms. The van der Waals surface area contributed by atoms with Gasteiger partial charge < -0.3 is 5.11 Å². The van der Waals surface area contributed by atoms with E-state index in [0.29, 0.717) is 0 Å². The van der Waals surface area contributed by atoms with E-state index >= 15 is 0 Å². The molecule has 4 rings (SSSR count). The van der Waals surface area contributed by atoms with Crippen LogP contribution in [0.1, 0.15) is 6.42 Å². The first kappa shape index (κ1) is 14.3. The summed E-state index contributed by atoms with van der Waals surface area (Å²) in [6.07, 6.45) is 0.725. The van der Waals surface area contributed by atoms with Gasteiger partial charge in [-0.05, 0) is 24.1 Å². The van der Waals surface area contributed by atoms with Crippen LogP contribution in [0.2, 0.25) is 0 Å². The number of hydrogen-bond acceptors (Lipinski definition) is 3. The maximum absolute atomic E-state index is 11.1. The Hall–Kier alpha value is -2.33. The number of benzene rings is 2. The first-order valence-electron chi connectivity index (χ1n) is 7.57. The minimum atomic E-state index is -0.704. The number of carbonyl (C=O) groups is 1. The molecule has 114 valence electrons. The zero-order chi connectivity index (χ0) is 15.8. The summed E-state index contributed by atoms with van der Waals surface area (Å²) in [6, 6.07) is 20.3. The third kappa shape index (κ3) is 2.82.